The molecule has 0 spiro atoms. The third-order valence-electron chi connectivity index (χ3n) is 3.43. The van der Waals surface area contributed by atoms with Crippen LogP contribution in [0.15, 0.2) is 48.5 Å². The molecule has 2 aromatic carbocycles. The van der Waals surface area contributed by atoms with Crippen LogP contribution in [-0.2, 0) is 14.8 Å². The fraction of sp³-hybridized carbons (Fsp3) is 0.222. The van der Waals surface area contributed by atoms with E-state index in [4.69, 9.17) is 4.74 Å². The summed E-state index contributed by atoms with van der Waals surface area (Å²) < 4.78 is 34.9. The molecule has 0 amide bonds. The van der Waals surface area contributed by atoms with Gasteiger partial charge in [-0.05, 0) is 55.5 Å². The molecule has 0 radical (unpaired) electrons. The van der Waals surface area contributed by atoms with Gasteiger partial charge < -0.3 is 9.47 Å². The Bertz CT molecular complexity index is 888. The summed E-state index contributed by atoms with van der Waals surface area (Å²) in [5.41, 5.74) is 1.14. The Labute approximate surface area is 152 Å². The zero-order valence-corrected chi connectivity index (χ0v) is 15.4. The summed E-state index contributed by atoms with van der Waals surface area (Å²) in [6.45, 7) is 1.61. The number of nitrogens with one attached hydrogen (secondary N) is 1. The molecule has 7 nitrogen and oxygen atoms in total. The first-order chi connectivity index (χ1) is 12.2. The first-order valence-electron chi connectivity index (χ1n) is 7.66. The quantitative estimate of drug-likeness (QED) is 0.588. The van der Waals surface area contributed by atoms with E-state index >= 15 is 0 Å². The second kappa shape index (κ2) is 8.01. The lowest BCUT2D eigenvalue weighted by atomic mass is 10.1. The molecule has 26 heavy (non-hydrogen) atoms. The van der Waals surface area contributed by atoms with Gasteiger partial charge in [0.25, 0.3) is 0 Å². The summed E-state index contributed by atoms with van der Waals surface area (Å²) in [6.07, 6.45) is 0.292. The number of anilines is 1. The van der Waals surface area contributed by atoms with E-state index in [1.807, 2.05) is 0 Å². The predicted octanol–water partition coefficient (Wildman–Crippen LogP) is 2.49. The van der Waals surface area contributed by atoms with E-state index in [1.54, 1.807) is 31.2 Å². The maximum atomic E-state index is 12.4. The zero-order valence-electron chi connectivity index (χ0n) is 14.6. The molecule has 1 atom stereocenters. The van der Waals surface area contributed by atoms with Crippen LogP contribution in [0, 0.1) is 0 Å². The highest BCUT2D eigenvalue weighted by molar-refractivity contribution is 7.92. The number of methoxy groups -OCH3 is 1. The fourth-order valence-electron chi connectivity index (χ4n) is 2.20. The maximum absolute atomic E-state index is 12.4. The largest absolute Gasteiger partial charge is 0.483 e. The molecule has 0 aliphatic carbocycles. The number of carbonyl (C=O) groups is 2. The normalized spacial score (nSPS) is 12.1. The minimum atomic E-state index is -3.37. The van der Waals surface area contributed by atoms with Crippen molar-refractivity contribution < 1.29 is 27.5 Å². The molecule has 8 heteroatoms. The van der Waals surface area contributed by atoms with Crippen LogP contribution in [-0.4, -0.2) is 39.6 Å². The first-order valence-corrected chi connectivity index (χ1v) is 9.56. The lowest BCUT2D eigenvalue weighted by Crippen LogP contribution is -2.24. The monoisotopic (exact) mass is 377 g/mol. The number of benzene rings is 2. The second-order valence-electron chi connectivity index (χ2n) is 5.59. The topological polar surface area (TPSA) is 98.8 Å². The number of hydrogen-bond acceptors (Lipinski definition) is 6. The van der Waals surface area contributed by atoms with E-state index in [2.05, 4.69) is 9.46 Å². The van der Waals surface area contributed by atoms with Gasteiger partial charge >= 0.3 is 5.97 Å². The summed E-state index contributed by atoms with van der Waals surface area (Å²) in [5, 5.41) is 0. The average molecular weight is 377 g/mol. The summed E-state index contributed by atoms with van der Waals surface area (Å²) in [7, 11) is -2.08. The Morgan fingerprint density at radius 3 is 2.00 bits per heavy atom. The Morgan fingerprint density at radius 2 is 1.50 bits per heavy atom. The van der Waals surface area contributed by atoms with Crippen LogP contribution in [0.3, 0.4) is 0 Å². The van der Waals surface area contributed by atoms with E-state index in [9.17, 15) is 18.0 Å². The van der Waals surface area contributed by atoms with E-state index in [0.29, 0.717) is 22.6 Å². The van der Waals surface area contributed by atoms with Crippen LogP contribution in [0.2, 0.25) is 0 Å². The SMILES string of the molecule is COC(=O)c1ccc(O[C@@H](C)C(=O)c2ccc(NS(C)(=O)=O)cc2)cc1. The standard InChI is InChI=1S/C18H19NO6S/c1-12(25-16-10-6-14(7-11-16)18(21)24-2)17(20)13-4-8-15(9-5-13)19-26(3,22)23/h4-12,19H,1-3H3/t12-/m0/s1. The van der Waals surface area contributed by atoms with Crippen molar-refractivity contribution in [1.82, 2.24) is 0 Å². The average Bonchev–Trinajstić information content (AvgIpc) is 2.60. The molecule has 138 valence electrons. The van der Waals surface area contributed by atoms with Crippen molar-refractivity contribution in [1.29, 1.82) is 0 Å². The van der Waals surface area contributed by atoms with Crippen molar-refractivity contribution in [3.63, 3.8) is 0 Å². The number of ether oxygens (including phenoxy) is 2. The van der Waals surface area contributed by atoms with Crippen LogP contribution >= 0.6 is 0 Å². The van der Waals surface area contributed by atoms with E-state index < -0.39 is 22.1 Å². The number of esters is 1. The molecule has 2 rings (SSSR count). The Kier molecular flexibility index (Phi) is 5.99. The van der Waals surface area contributed by atoms with Crippen molar-refractivity contribution in [3.05, 3.63) is 59.7 Å². The van der Waals surface area contributed by atoms with Gasteiger partial charge in [0.2, 0.25) is 15.8 Å². The molecule has 0 saturated heterocycles. The number of sulfonamides is 1. The molecule has 0 saturated carbocycles. The highest BCUT2D eigenvalue weighted by Gasteiger charge is 2.17. The van der Waals surface area contributed by atoms with E-state index in [0.717, 1.165) is 6.26 Å². The Balaban J connectivity index is 2.04. The van der Waals surface area contributed by atoms with Gasteiger partial charge in [-0.2, -0.15) is 0 Å². The van der Waals surface area contributed by atoms with Crippen molar-refractivity contribution in [2.45, 2.75) is 13.0 Å². The van der Waals surface area contributed by atoms with Crippen molar-refractivity contribution in [2.24, 2.45) is 0 Å². The number of rotatable bonds is 7. The molecule has 0 bridgehead atoms. The highest BCUT2D eigenvalue weighted by Crippen LogP contribution is 2.17. The molecular weight excluding hydrogens is 358 g/mol. The van der Waals surface area contributed by atoms with Crippen LogP contribution in [0.25, 0.3) is 0 Å². The molecule has 0 aliphatic rings. The first kappa shape index (κ1) is 19.5. The molecule has 0 aliphatic heterocycles. The highest BCUT2D eigenvalue weighted by atomic mass is 32.2. The maximum Gasteiger partial charge on any atom is 0.337 e. The Hall–Kier alpha value is -2.87. The minimum absolute atomic E-state index is 0.257. The third-order valence-corrected chi connectivity index (χ3v) is 4.04. The van der Waals surface area contributed by atoms with Gasteiger partial charge in [0.1, 0.15) is 5.75 Å². The fourth-order valence-corrected chi connectivity index (χ4v) is 2.76. The van der Waals surface area contributed by atoms with Crippen LogP contribution in [0.4, 0.5) is 5.69 Å². The summed E-state index contributed by atoms with van der Waals surface area (Å²) in [6, 6.07) is 12.3. The molecule has 1 N–H and O–H groups in total. The summed E-state index contributed by atoms with van der Waals surface area (Å²) in [4.78, 5) is 23.8. The summed E-state index contributed by atoms with van der Waals surface area (Å²) >= 11 is 0. The lowest BCUT2D eigenvalue weighted by molar-refractivity contribution is 0.0600. The molecule has 0 heterocycles. The number of carbonyl (C=O) groups excluding carboxylic acids is 2. The zero-order chi connectivity index (χ0) is 19.3. The molecule has 0 fully saturated rings. The van der Waals surface area contributed by atoms with Gasteiger partial charge in [-0.15, -0.1) is 0 Å². The van der Waals surface area contributed by atoms with Gasteiger partial charge in [-0.25, -0.2) is 13.2 Å². The van der Waals surface area contributed by atoms with Crippen molar-refractivity contribution in [2.75, 3.05) is 18.1 Å². The molecule has 2 aromatic rings. The third kappa shape index (κ3) is 5.32. The number of hydrogen-bond donors (Lipinski definition) is 1. The Morgan fingerprint density at radius 1 is 0.962 bits per heavy atom. The van der Waals surface area contributed by atoms with Gasteiger partial charge in [0, 0.05) is 11.3 Å². The minimum Gasteiger partial charge on any atom is -0.483 e. The van der Waals surface area contributed by atoms with Crippen LogP contribution < -0.4 is 9.46 Å². The predicted molar refractivity (Wildman–Crippen MR) is 97.1 cm³/mol. The van der Waals surface area contributed by atoms with E-state index in [-0.39, 0.29) is 5.78 Å². The molecule has 0 unspecified atom stereocenters. The molecule has 0 aromatic heterocycles. The number of Topliss-reactive ketones (excluding diaryl/α,β-unsaturated/α-hetero) is 1. The second-order valence-corrected chi connectivity index (χ2v) is 7.34. The van der Waals surface area contributed by atoms with Crippen molar-refractivity contribution in [3.8, 4) is 5.75 Å². The molecular formula is C18H19NO6S. The van der Waals surface area contributed by atoms with Crippen LogP contribution in [0.1, 0.15) is 27.6 Å². The number of ketones is 1. The van der Waals surface area contributed by atoms with E-state index in [1.165, 1.54) is 31.4 Å². The smallest absolute Gasteiger partial charge is 0.337 e. The lowest BCUT2D eigenvalue weighted by Gasteiger charge is -2.14. The van der Waals surface area contributed by atoms with Gasteiger partial charge in [-0.1, -0.05) is 0 Å². The summed E-state index contributed by atoms with van der Waals surface area (Å²) in [5.74, 6) is -0.273. The van der Waals surface area contributed by atoms with Crippen molar-refractivity contribution >= 4 is 27.5 Å². The van der Waals surface area contributed by atoms with Gasteiger partial charge in [-0.3, -0.25) is 9.52 Å². The van der Waals surface area contributed by atoms with Gasteiger partial charge in [0.15, 0.2) is 6.10 Å². The van der Waals surface area contributed by atoms with Crippen LogP contribution in [0.5, 0.6) is 5.75 Å². The van der Waals surface area contributed by atoms with Gasteiger partial charge in [0.05, 0.1) is 18.9 Å².